The summed E-state index contributed by atoms with van der Waals surface area (Å²) < 4.78 is 2.01. The van der Waals surface area contributed by atoms with Gasteiger partial charge in [0.15, 0.2) is 5.65 Å². The Bertz CT molecular complexity index is 644. The topological polar surface area (TPSA) is 69.6 Å². The third-order valence-corrected chi connectivity index (χ3v) is 4.56. The highest BCUT2D eigenvalue weighted by Crippen LogP contribution is 2.39. The van der Waals surface area contributed by atoms with E-state index in [1.54, 1.807) is 0 Å². The molecule has 1 fully saturated rings. The molecule has 0 aliphatic heterocycles. The molecule has 0 bridgehead atoms. The molecule has 1 saturated carbocycles. The second kappa shape index (κ2) is 4.97. The highest BCUT2D eigenvalue weighted by atomic mass is 15.3. The lowest BCUT2D eigenvalue weighted by Gasteiger charge is -2.25. The van der Waals surface area contributed by atoms with Crippen LogP contribution in [0.3, 0.4) is 0 Å². The predicted molar refractivity (Wildman–Crippen MR) is 85.1 cm³/mol. The Balaban J connectivity index is 2.14. The van der Waals surface area contributed by atoms with E-state index in [4.69, 9.17) is 10.8 Å². The van der Waals surface area contributed by atoms with Crippen LogP contribution in [0, 0.1) is 5.92 Å². The SMILES string of the molecule is CC1CCC(c2nn(C(C)(C)C)c3ncnc(N)c23)CC1. The third kappa shape index (κ3) is 2.49. The number of anilines is 1. The summed E-state index contributed by atoms with van der Waals surface area (Å²) in [6, 6.07) is 0. The molecule has 1 aliphatic rings. The highest BCUT2D eigenvalue weighted by molar-refractivity contribution is 5.88. The molecule has 2 aromatic rings. The fourth-order valence-electron chi connectivity index (χ4n) is 3.29. The van der Waals surface area contributed by atoms with Crippen molar-refractivity contribution in [3.63, 3.8) is 0 Å². The fraction of sp³-hybridized carbons (Fsp3) is 0.688. The first-order valence-electron chi connectivity index (χ1n) is 7.87. The molecule has 0 aromatic carbocycles. The van der Waals surface area contributed by atoms with E-state index in [-0.39, 0.29) is 5.54 Å². The van der Waals surface area contributed by atoms with Gasteiger partial charge in [-0.25, -0.2) is 14.6 Å². The van der Waals surface area contributed by atoms with Crippen molar-refractivity contribution in [2.75, 3.05) is 5.73 Å². The minimum absolute atomic E-state index is 0.112. The number of rotatable bonds is 1. The molecule has 0 spiro atoms. The second-order valence-corrected chi connectivity index (χ2v) is 7.38. The van der Waals surface area contributed by atoms with Crippen LogP contribution in [0.2, 0.25) is 0 Å². The lowest BCUT2D eigenvalue weighted by atomic mass is 9.81. The molecule has 21 heavy (non-hydrogen) atoms. The summed E-state index contributed by atoms with van der Waals surface area (Å²) >= 11 is 0. The molecule has 5 heteroatoms. The van der Waals surface area contributed by atoms with Gasteiger partial charge in [0.25, 0.3) is 0 Å². The average Bonchev–Trinajstić information content (AvgIpc) is 2.80. The van der Waals surface area contributed by atoms with Gasteiger partial charge in [-0.3, -0.25) is 0 Å². The van der Waals surface area contributed by atoms with Gasteiger partial charge in [-0.2, -0.15) is 5.10 Å². The van der Waals surface area contributed by atoms with Gasteiger partial charge in [-0.1, -0.05) is 19.8 Å². The van der Waals surface area contributed by atoms with Crippen LogP contribution < -0.4 is 5.73 Å². The lowest BCUT2D eigenvalue weighted by molar-refractivity contribution is 0.330. The first-order chi connectivity index (χ1) is 9.88. The van der Waals surface area contributed by atoms with Crippen LogP contribution >= 0.6 is 0 Å². The number of hydrogen-bond acceptors (Lipinski definition) is 4. The smallest absolute Gasteiger partial charge is 0.164 e. The van der Waals surface area contributed by atoms with E-state index in [2.05, 4.69) is 37.7 Å². The highest BCUT2D eigenvalue weighted by Gasteiger charge is 2.29. The fourth-order valence-corrected chi connectivity index (χ4v) is 3.29. The van der Waals surface area contributed by atoms with E-state index in [9.17, 15) is 0 Å². The van der Waals surface area contributed by atoms with Gasteiger partial charge < -0.3 is 5.73 Å². The number of nitrogens with two attached hydrogens (primary N) is 1. The minimum atomic E-state index is -0.112. The maximum atomic E-state index is 6.14. The Morgan fingerprint density at radius 3 is 2.43 bits per heavy atom. The number of aromatic nitrogens is 4. The second-order valence-electron chi connectivity index (χ2n) is 7.38. The number of fused-ring (bicyclic) bond motifs is 1. The molecule has 3 rings (SSSR count). The average molecular weight is 287 g/mol. The van der Waals surface area contributed by atoms with Gasteiger partial charge in [-0.05, 0) is 39.5 Å². The zero-order valence-corrected chi connectivity index (χ0v) is 13.4. The number of nitrogens with zero attached hydrogens (tertiary/aromatic N) is 4. The Kier molecular flexibility index (Phi) is 3.38. The van der Waals surface area contributed by atoms with Gasteiger partial charge >= 0.3 is 0 Å². The van der Waals surface area contributed by atoms with Crippen molar-refractivity contribution in [2.45, 2.75) is 64.8 Å². The maximum absolute atomic E-state index is 6.14. The largest absolute Gasteiger partial charge is 0.383 e. The van der Waals surface area contributed by atoms with Crippen LogP contribution in [0.25, 0.3) is 11.0 Å². The van der Waals surface area contributed by atoms with Crippen molar-refractivity contribution in [1.82, 2.24) is 19.7 Å². The van der Waals surface area contributed by atoms with Crippen LogP contribution in [0.4, 0.5) is 5.82 Å². The number of hydrogen-bond donors (Lipinski definition) is 1. The summed E-state index contributed by atoms with van der Waals surface area (Å²) in [5.41, 5.74) is 8.00. The molecule has 114 valence electrons. The monoisotopic (exact) mass is 287 g/mol. The van der Waals surface area contributed by atoms with Crippen LogP contribution in [-0.4, -0.2) is 19.7 Å². The standard InChI is InChI=1S/C16H25N5/c1-10-5-7-11(8-6-10)13-12-14(17)18-9-19-15(12)21(20-13)16(2,3)4/h9-11H,5-8H2,1-4H3,(H2,17,18,19). The lowest BCUT2D eigenvalue weighted by Crippen LogP contribution is -2.24. The molecular weight excluding hydrogens is 262 g/mol. The van der Waals surface area contributed by atoms with Crippen molar-refractivity contribution in [1.29, 1.82) is 0 Å². The summed E-state index contributed by atoms with van der Waals surface area (Å²) in [6.45, 7) is 8.76. The summed E-state index contributed by atoms with van der Waals surface area (Å²) in [6.07, 6.45) is 6.44. The number of nitrogen functional groups attached to an aromatic ring is 1. The first-order valence-corrected chi connectivity index (χ1v) is 7.87. The van der Waals surface area contributed by atoms with E-state index in [0.717, 1.165) is 22.6 Å². The van der Waals surface area contributed by atoms with E-state index in [0.29, 0.717) is 11.7 Å². The molecular formula is C16H25N5. The molecule has 2 heterocycles. The van der Waals surface area contributed by atoms with Crippen molar-refractivity contribution in [3.8, 4) is 0 Å². The van der Waals surface area contributed by atoms with E-state index >= 15 is 0 Å². The third-order valence-electron chi connectivity index (χ3n) is 4.56. The molecule has 0 radical (unpaired) electrons. The Morgan fingerprint density at radius 1 is 1.14 bits per heavy atom. The van der Waals surface area contributed by atoms with Gasteiger partial charge in [0, 0.05) is 5.92 Å². The molecule has 2 N–H and O–H groups in total. The van der Waals surface area contributed by atoms with E-state index in [1.165, 1.54) is 32.0 Å². The zero-order valence-electron chi connectivity index (χ0n) is 13.4. The van der Waals surface area contributed by atoms with E-state index < -0.39 is 0 Å². The Hall–Kier alpha value is -1.65. The minimum Gasteiger partial charge on any atom is -0.383 e. The first kappa shape index (κ1) is 14.3. The van der Waals surface area contributed by atoms with E-state index in [1.807, 2.05) is 4.68 Å². The van der Waals surface area contributed by atoms with Gasteiger partial charge in [0.2, 0.25) is 0 Å². The molecule has 0 atom stereocenters. The van der Waals surface area contributed by atoms with Crippen LogP contribution in [0.1, 0.15) is 65.0 Å². The Labute approximate surface area is 126 Å². The summed E-state index contributed by atoms with van der Waals surface area (Å²) in [4.78, 5) is 8.63. The summed E-state index contributed by atoms with van der Waals surface area (Å²) in [7, 11) is 0. The quantitative estimate of drug-likeness (QED) is 0.872. The molecule has 2 aromatic heterocycles. The molecule has 0 unspecified atom stereocenters. The molecule has 0 amide bonds. The van der Waals surface area contributed by atoms with Crippen molar-refractivity contribution < 1.29 is 0 Å². The predicted octanol–water partition coefficient (Wildman–Crippen LogP) is 3.46. The van der Waals surface area contributed by atoms with Crippen molar-refractivity contribution in [2.24, 2.45) is 5.92 Å². The van der Waals surface area contributed by atoms with Gasteiger partial charge in [-0.15, -0.1) is 0 Å². The van der Waals surface area contributed by atoms with Gasteiger partial charge in [0.1, 0.15) is 12.1 Å². The summed E-state index contributed by atoms with van der Waals surface area (Å²) in [5, 5.41) is 5.87. The maximum Gasteiger partial charge on any atom is 0.164 e. The zero-order chi connectivity index (χ0) is 15.2. The molecule has 1 aliphatic carbocycles. The van der Waals surface area contributed by atoms with Crippen LogP contribution in [-0.2, 0) is 5.54 Å². The molecule has 5 nitrogen and oxygen atoms in total. The van der Waals surface area contributed by atoms with Gasteiger partial charge in [0.05, 0.1) is 16.6 Å². The summed E-state index contributed by atoms with van der Waals surface area (Å²) in [5.74, 6) is 1.87. The van der Waals surface area contributed by atoms with Crippen LogP contribution in [0.5, 0.6) is 0 Å². The molecule has 0 saturated heterocycles. The van der Waals surface area contributed by atoms with Crippen molar-refractivity contribution >= 4 is 16.9 Å². The normalized spacial score (nSPS) is 23.6. The van der Waals surface area contributed by atoms with Crippen molar-refractivity contribution in [3.05, 3.63) is 12.0 Å². The van der Waals surface area contributed by atoms with Crippen LogP contribution in [0.15, 0.2) is 6.33 Å². The Morgan fingerprint density at radius 2 is 1.81 bits per heavy atom.